The van der Waals surface area contributed by atoms with Crippen LogP contribution in [0.25, 0.3) is 16.9 Å². The number of alkyl halides is 1. The maximum atomic E-state index is 6.18. The largest absolute Gasteiger partial charge is 0.279 e. The molecule has 102 valence electrons. The van der Waals surface area contributed by atoms with E-state index in [-0.39, 0.29) is 0 Å². The first-order valence-corrected chi connectivity index (χ1v) is 7.75. The number of aryl methyl sites for hydroxylation is 1. The Balaban J connectivity index is 2.33. The molecule has 0 aliphatic heterocycles. The lowest BCUT2D eigenvalue weighted by molar-refractivity contribution is 0.902. The van der Waals surface area contributed by atoms with E-state index in [1.165, 1.54) is 0 Å². The number of pyridine rings is 1. The van der Waals surface area contributed by atoms with Crippen molar-refractivity contribution in [1.29, 1.82) is 0 Å². The molecular formula is C14H10BrCl2N3. The second kappa shape index (κ2) is 5.72. The SMILES string of the molecule is ClCCc1nc2cccnc2n1-c1cccc(Cl)c1Br. The standard InChI is InChI=1S/C14H10BrCl2N3/c15-13-9(17)3-1-5-11(13)20-12(6-7-16)19-10-4-2-8-18-14(10)20/h1-5,8H,6-7H2. The molecule has 0 fully saturated rings. The van der Waals surface area contributed by atoms with Gasteiger partial charge in [-0.2, -0.15) is 0 Å². The van der Waals surface area contributed by atoms with Gasteiger partial charge in [0.25, 0.3) is 0 Å². The lowest BCUT2D eigenvalue weighted by atomic mass is 10.3. The van der Waals surface area contributed by atoms with Gasteiger partial charge in [0.1, 0.15) is 11.3 Å². The van der Waals surface area contributed by atoms with Crippen molar-refractivity contribution in [2.45, 2.75) is 6.42 Å². The van der Waals surface area contributed by atoms with Gasteiger partial charge in [-0.25, -0.2) is 9.97 Å². The first-order chi connectivity index (χ1) is 9.72. The average Bonchev–Trinajstić information content (AvgIpc) is 2.80. The molecule has 3 nitrogen and oxygen atoms in total. The number of hydrogen-bond acceptors (Lipinski definition) is 2. The minimum Gasteiger partial charge on any atom is -0.279 e. The van der Waals surface area contributed by atoms with E-state index in [4.69, 9.17) is 23.2 Å². The van der Waals surface area contributed by atoms with Gasteiger partial charge in [0.05, 0.1) is 15.2 Å². The number of aromatic nitrogens is 3. The summed E-state index contributed by atoms with van der Waals surface area (Å²) < 4.78 is 2.82. The number of imidazole rings is 1. The first-order valence-electron chi connectivity index (χ1n) is 6.05. The summed E-state index contributed by atoms with van der Waals surface area (Å²) in [7, 11) is 0. The Labute approximate surface area is 134 Å². The zero-order valence-electron chi connectivity index (χ0n) is 10.4. The van der Waals surface area contributed by atoms with Crippen LogP contribution in [0.15, 0.2) is 41.0 Å². The molecule has 20 heavy (non-hydrogen) atoms. The summed E-state index contributed by atoms with van der Waals surface area (Å²) in [5.41, 5.74) is 2.56. The fraction of sp³-hybridized carbons (Fsp3) is 0.143. The molecule has 0 atom stereocenters. The summed E-state index contributed by atoms with van der Waals surface area (Å²) >= 11 is 15.6. The van der Waals surface area contributed by atoms with Gasteiger partial charge in [0.15, 0.2) is 5.65 Å². The smallest absolute Gasteiger partial charge is 0.164 e. The van der Waals surface area contributed by atoms with Crippen LogP contribution in [-0.2, 0) is 6.42 Å². The Morgan fingerprint density at radius 3 is 2.85 bits per heavy atom. The van der Waals surface area contributed by atoms with Gasteiger partial charge < -0.3 is 0 Å². The number of rotatable bonds is 3. The molecule has 6 heteroatoms. The molecule has 0 bridgehead atoms. The summed E-state index contributed by atoms with van der Waals surface area (Å²) in [6, 6.07) is 9.53. The van der Waals surface area contributed by atoms with Crippen LogP contribution in [0.1, 0.15) is 5.82 Å². The zero-order valence-corrected chi connectivity index (χ0v) is 13.5. The van der Waals surface area contributed by atoms with Crippen LogP contribution in [0.2, 0.25) is 5.02 Å². The fourth-order valence-electron chi connectivity index (χ4n) is 2.13. The summed E-state index contributed by atoms with van der Waals surface area (Å²) in [6.45, 7) is 0. The van der Waals surface area contributed by atoms with Crippen LogP contribution in [0.5, 0.6) is 0 Å². The topological polar surface area (TPSA) is 30.7 Å². The van der Waals surface area contributed by atoms with Crippen molar-refractivity contribution in [1.82, 2.24) is 14.5 Å². The molecule has 2 heterocycles. The predicted molar refractivity (Wildman–Crippen MR) is 86.0 cm³/mol. The molecule has 0 amide bonds. The third kappa shape index (κ3) is 2.32. The Bertz CT molecular complexity index is 770. The molecule has 0 N–H and O–H groups in total. The van der Waals surface area contributed by atoms with Crippen LogP contribution in [0, 0.1) is 0 Å². The monoisotopic (exact) mass is 369 g/mol. The lowest BCUT2D eigenvalue weighted by Crippen LogP contribution is -2.04. The predicted octanol–water partition coefficient (Wildman–Crippen LogP) is 4.62. The van der Waals surface area contributed by atoms with Crippen LogP contribution >= 0.6 is 39.1 Å². The number of hydrogen-bond donors (Lipinski definition) is 0. The lowest BCUT2D eigenvalue weighted by Gasteiger charge is -2.11. The van der Waals surface area contributed by atoms with Gasteiger partial charge in [-0.3, -0.25) is 4.57 Å². The summed E-state index contributed by atoms with van der Waals surface area (Å²) in [5.74, 6) is 1.37. The number of halogens is 3. The highest BCUT2D eigenvalue weighted by Gasteiger charge is 2.15. The Morgan fingerprint density at radius 1 is 1.20 bits per heavy atom. The molecule has 3 rings (SSSR count). The van der Waals surface area contributed by atoms with E-state index in [0.29, 0.717) is 17.3 Å². The second-order valence-corrected chi connectivity index (χ2v) is 5.80. The van der Waals surface area contributed by atoms with E-state index in [2.05, 4.69) is 25.9 Å². The Hall–Kier alpha value is -1.10. The third-order valence-corrected chi connectivity index (χ3v) is 4.54. The summed E-state index contributed by atoms with van der Waals surface area (Å²) in [5, 5.41) is 0.650. The first kappa shape index (κ1) is 13.9. The summed E-state index contributed by atoms with van der Waals surface area (Å²) in [6.07, 6.45) is 2.42. The quantitative estimate of drug-likeness (QED) is 0.630. The molecule has 0 aliphatic carbocycles. The molecule has 0 radical (unpaired) electrons. The Morgan fingerprint density at radius 2 is 2.05 bits per heavy atom. The highest BCUT2D eigenvalue weighted by Crippen LogP contribution is 2.31. The van der Waals surface area contributed by atoms with E-state index >= 15 is 0 Å². The van der Waals surface area contributed by atoms with Crippen molar-refractivity contribution in [2.75, 3.05) is 5.88 Å². The van der Waals surface area contributed by atoms with Crippen molar-refractivity contribution < 1.29 is 0 Å². The second-order valence-electron chi connectivity index (χ2n) is 4.22. The van der Waals surface area contributed by atoms with Gasteiger partial charge in [-0.05, 0) is 40.2 Å². The van der Waals surface area contributed by atoms with Crippen molar-refractivity contribution >= 4 is 50.3 Å². The van der Waals surface area contributed by atoms with Gasteiger partial charge in [-0.15, -0.1) is 11.6 Å². The molecule has 0 unspecified atom stereocenters. The van der Waals surface area contributed by atoms with Gasteiger partial charge >= 0.3 is 0 Å². The van der Waals surface area contributed by atoms with Crippen LogP contribution in [-0.4, -0.2) is 20.4 Å². The van der Waals surface area contributed by atoms with Gasteiger partial charge in [0.2, 0.25) is 0 Å². The van der Waals surface area contributed by atoms with Crippen molar-refractivity contribution in [3.63, 3.8) is 0 Å². The zero-order chi connectivity index (χ0) is 14.1. The Kier molecular flexibility index (Phi) is 3.96. The highest BCUT2D eigenvalue weighted by atomic mass is 79.9. The molecule has 0 saturated heterocycles. The maximum Gasteiger partial charge on any atom is 0.164 e. The van der Waals surface area contributed by atoms with E-state index in [9.17, 15) is 0 Å². The van der Waals surface area contributed by atoms with Gasteiger partial charge in [0, 0.05) is 18.5 Å². The molecule has 0 saturated carbocycles. The number of nitrogens with zero attached hydrogens (tertiary/aromatic N) is 3. The summed E-state index contributed by atoms with van der Waals surface area (Å²) in [4.78, 5) is 9.03. The molecule has 0 spiro atoms. The third-order valence-electron chi connectivity index (χ3n) is 2.98. The minimum atomic E-state index is 0.501. The van der Waals surface area contributed by atoms with Crippen molar-refractivity contribution in [2.24, 2.45) is 0 Å². The number of fused-ring (bicyclic) bond motifs is 1. The van der Waals surface area contributed by atoms with Crippen LogP contribution in [0.4, 0.5) is 0 Å². The normalized spacial score (nSPS) is 11.2. The van der Waals surface area contributed by atoms with Crippen LogP contribution < -0.4 is 0 Å². The number of benzene rings is 1. The van der Waals surface area contributed by atoms with E-state index < -0.39 is 0 Å². The van der Waals surface area contributed by atoms with Crippen molar-refractivity contribution in [3.05, 3.63) is 51.8 Å². The van der Waals surface area contributed by atoms with Crippen molar-refractivity contribution in [3.8, 4) is 5.69 Å². The molecular weight excluding hydrogens is 361 g/mol. The highest BCUT2D eigenvalue weighted by molar-refractivity contribution is 9.10. The molecule has 0 aliphatic rings. The molecule has 3 aromatic rings. The average molecular weight is 371 g/mol. The van der Waals surface area contributed by atoms with Crippen LogP contribution in [0.3, 0.4) is 0 Å². The molecule has 2 aromatic heterocycles. The fourth-order valence-corrected chi connectivity index (χ4v) is 2.91. The van der Waals surface area contributed by atoms with Gasteiger partial charge in [-0.1, -0.05) is 17.7 Å². The maximum absolute atomic E-state index is 6.18. The van der Waals surface area contributed by atoms with E-state index in [1.807, 2.05) is 34.9 Å². The van der Waals surface area contributed by atoms with E-state index in [1.54, 1.807) is 6.20 Å². The minimum absolute atomic E-state index is 0.501. The van der Waals surface area contributed by atoms with E-state index in [0.717, 1.165) is 27.1 Å². The molecule has 1 aromatic carbocycles.